The van der Waals surface area contributed by atoms with Crippen molar-refractivity contribution >= 4 is 11.9 Å². The van der Waals surface area contributed by atoms with Crippen LogP contribution in [0.5, 0.6) is 0 Å². The number of carboxylic acids is 1. The zero-order valence-corrected chi connectivity index (χ0v) is 10.3. The first-order valence-electron chi connectivity index (χ1n) is 5.95. The predicted molar refractivity (Wildman–Crippen MR) is 63.5 cm³/mol. The number of nitrogens with two attached hydrogens (primary N) is 1. The topological polar surface area (TPSA) is 86.9 Å². The number of hydrogen-bond donors (Lipinski definition) is 2. The maximum atomic E-state index is 11.8. The van der Waals surface area contributed by atoms with Crippen molar-refractivity contribution in [1.82, 2.24) is 9.80 Å². The Balaban J connectivity index is 2.19. The van der Waals surface area contributed by atoms with E-state index in [1.54, 1.807) is 0 Å². The molecule has 1 saturated heterocycles. The van der Waals surface area contributed by atoms with Crippen LogP contribution in [-0.2, 0) is 9.59 Å². The SMILES string of the molecule is CN1CCN(C(=O)CCC[C@H](N)C(=O)O)CC1. The Morgan fingerprint density at radius 3 is 2.41 bits per heavy atom. The van der Waals surface area contributed by atoms with Gasteiger partial charge < -0.3 is 20.6 Å². The minimum atomic E-state index is -1.00. The molecule has 0 aromatic heterocycles. The van der Waals surface area contributed by atoms with Crippen molar-refractivity contribution in [3.8, 4) is 0 Å². The van der Waals surface area contributed by atoms with Crippen molar-refractivity contribution in [2.75, 3.05) is 33.2 Å². The molecule has 1 atom stereocenters. The second-order valence-corrected chi connectivity index (χ2v) is 4.52. The van der Waals surface area contributed by atoms with E-state index in [0.29, 0.717) is 19.3 Å². The molecule has 1 aliphatic rings. The van der Waals surface area contributed by atoms with Gasteiger partial charge in [0.05, 0.1) is 0 Å². The summed E-state index contributed by atoms with van der Waals surface area (Å²) in [7, 11) is 2.04. The Labute approximate surface area is 101 Å². The van der Waals surface area contributed by atoms with Crippen LogP contribution in [0.2, 0.25) is 0 Å². The van der Waals surface area contributed by atoms with Crippen LogP contribution in [0, 0.1) is 0 Å². The molecule has 98 valence electrons. The number of amides is 1. The lowest BCUT2D eigenvalue weighted by Gasteiger charge is -2.32. The molecular formula is C11H21N3O3. The van der Waals surface area contributed by atoms with E-state index in [2.05, 4.69) is 4.90 Å². The number of carboxylic acid groups (broad SMARTS) is 1. The second kappa shape index (κ2) is 6.56. The van der Waals surface area contributed by atoms with Crippen LogP contribution >= 0.6 is 0 Å². The number of piperazine rings is 1. The monoisotopic (exact) mass is 243 g/mol. The lowest BCUT2D eigenvalue weighted by molar-refractivity contribution is -0.139. The highest BCUT2D eigenvalue weighted by molar-refractivity contribution is 5.76. The van der Waals surface area contributed by atoms with E-state index in [-0.39, 0.29) is 5.91 Å². The van der Waals surface area contributed by atoms with E-state index >= 15 is 0 Å². The molecule has 3 N–H and O–H groups in total. The summed E-state index contributed by atoms with van der Waals surface area (Å²) >= 11 is 0. The van der Waals surface area contributed by atoms with Gasteiger partial charge >= 0.3 is 5.97 Å². The highest BCUT2D eigenvalue weighted by Crippen LogP contribution is 2.06. The minimum absolute atomic E-state index is 0.107. The van der Waals surface area contributed by atoms with Crippen molar-refractivity contribution < 1.29 is 14.7 Å². The summed E-state index contributed by atoms with van der Waals surface area (Å²) in [5.41, 5.74) is 5.37. The second-order valence-electron chi connectivity index (χ2n) is 4.52. The Morgan fingerprint density at radius 2 is 1.88 bits per heavy atom. The molecule has 1 fully saturated rings. The molecule has 0 unspecified atom stereocenters. The molecule has 1 rings (SSSR count). The number of carbonyl (C=O) groups is 2. The molecular weight excluding hydrogens is 222 g/mol. The average molecular weight is 243 g/mol. The van der Waals surface area contributed by atoms with Crippen LogP contribution in [-0.4, -0.2) is 66.1 Å². The van der Waals surface area contributed by atoms with Crippen molar-refractivity contribution in [3.05, 3.63) is 0 Å². The molecule has 0 aliphatic carbocycles. The molecule has 6 nitrogen and oxygen atoms in total. The standard InChI is InChI=1S/C11H21N3O3/c1-13-5-7-14(8-6-13)10(15)4-2-3-9(12)11(16)17/h9H,2-8,12H2,1H3,(H,16,17)/t9-/m0/s1. The molecule has 6 heteroatoms. The van der Waals surface area contributed by atoms with E-state index in [1.807, 2.05) is 11.9 Å². The van der Waals surface area contributed by atoms with Gasteiger partial charge in [-0.3, -0.25) is 9.59 Å². The predicted octanol–water partition coefficient (Wildman–Crippen LogP) is -0.657. The first-order valence-corrected chi connectivity index (χ1v) is 5.95. The van der Waals surface area contributed by atoms with Gasteiger partial charge in [0, 0.05) is 32.6 Å². The van der Waals surface area contributed by atoms with Crippen LogP contribution in [0.4, 0.5) is 0 Å². The first-order chi connectivity index (χ1) is 8.00. The molecule has 0 bridgehead atoms. The molecule has 1 heterocycles. The normalized spacial score (nSPS) is 19.1. The van der Waals surface area contributed by atoms with Crippen molar-refractivity contribution in [2.45, 2.75) is 25.3 Å². The highest BCUT2D eigenvalue weighted by Gasteiger charge is 2.19. The van der Waals surface area contributed by atoms with Gasteiger partial charge in [-0.1, -0.05) is 0 Å². The van der Waals surface area contributed by atoms with Crippen LogP contribution in [0.25, 0.3) is 0 Å². The van der Waals surface area contributed by atoms with E-state index in [9.17, 15) is 9.59 Å². The zero-order valence-electron chi connectivity index (χ0n) is 10.3. The maximum Gasteiger partial charge on any atom is 0.320 e. The largest absolute Gasteiger partial charge is 0.480 e. The lowest BCUT2D eigenvalue weighted by Crippen LogP contribution is -2.47. The fraction of sp³-hybridized carbons (Fsp3) is 0.818. The van der Waals surface area contributed by atoms with E-state index in [4.69, 9.17) is 10.8 Å². The summed E-state index contributed by atoms with van der Waals surface area (Å²) in [5.74, 6) is -0.896. The van der Waals surface area contributed by atoms with Gasteiger partial charge in [0.15, 0.2) is 0 Å². The summed E-state index contributed by atoms with van der Waals surface area (Å²) < 4.78 is 0. The van der Waals surface area contributed by atoms with Gasteiger partial charge in [-0.2, -0.15) is 0 Å². The van der Waals surface area contributed by atoms with Gasteiger partial charge in [-0.15, -0.1) is 0 Å². The smallest absolute Gasteiger partial charge is 0.320 e. The fourth-order valence-corrected chi connectivity index (χ4v) is 1.81. The molecule has 0 radical (unpaired) electrons. The summed E-state index contributed by atoms with van der Waals surface area (Å²) in [4.78, 5) is 26.3. The average Bonchev–Trinajstić information content (AvgIpc) is 2.29. The van der Waals surface area contributed by atoms with Gasteiger partial charge in [-0.25, -0.2) is 0 Å². The molecule has 1 amide bonds. The lowest BCUT2D eigenvalue weighted by atomic mass is 10.1. The Hall–Kier alpha value is -1.14. The third kappa shape index (κ3) is 4.70. The molecule has 1 aliphatic heterocycles. The Morgan fingerprint density at radius 1 is 1.29 bits per heavy atom. The summed E-state index contributed by atoms with van der Waals surface area (Å²) in [5, 5.41) is 8.60. The van der Waals surface area contributed by atoms with E-state index < -0.39 is 12.0 Å². The molecule has 0 saturated carbocycles. The molecule has 0 aromatic rings. The van der Waals surface area contributed by atoms with Gasteiger partial charge in [-0.05, 0) is 19.9 Å². The van der Waals surface area contributed by atoms with E-state index in [1.165, 1.54) is 0 Å². The highest BCUT2D eigenvalue weighted by atomic mass is 16.4. The van der Waals surface area contributed by atoms with Gasteiger partial charge in [0.25, 0.3) is 0 Å². The van der Waals surface area contributed by atoms with Gasteiger partial charge in [0.1, 0.15) is 6.04 Å². The quantitative estimate of drug-likeness (QED) is 0.669. The minimum Gasteiger partial charge on any atom is -0.480 e. The van der Waals surface area contributed by atoms with Crippen molar-refractivity contribution in [1.29, 1.82) is 0 Å². The summed E-state index contributed by atoms with van der Waals surface area (Å²) in [6.07, 6.45) is 1.29. The number of carbonyl (C=O) groups excluding carboxylic acids is 1. The molecule has 0 spiro atoms. The van der Waals surface area contributed by atoms with Gasteiger partial charge in [0.2, 0.25) is 5.91 Å². The number of hydrogen-bond acceptors (Lipinski definition) is 4. The van der Waals surface area contributed by atoms with Crippen molar-refractivity contribution in [2.24, 2.45) is 5.73 Å². The Kier molecular flexibility index (Phi) is 5.37. The zero-order chi connectivity index (χ0) is 12.8. The van der Waals surface area contributed by atoms with Crippen LogP contribution in [0.15, 0.2) is 0 Å². The summed E-state index contributed by atoms with van der Waals surface area (Å²) in [6.45, 7) is 3.33. The van der Waals surface area contributed by atoms with Crippen LogP contribution < -0.4 is 5.73 Å². The number of likely N-dealkylation sites (N-methyl/N-ethyl adjacent to an activating group) is 1. The molecule has 0 aromatic carbocycles. The van der Waals surface area contributed by atoms with Crippen LogP contribution in [0.1, 0.15) is 19.3 Å². The molecule has 17 heavy (non-hydrogen) atoms. The third-order valence-corrected chi connectivity index (χ3v) is 3.08. The number of aliphatic carboxylic acids is 1. The fourth-order valence-electron chi connectivity index (χ4n) is 1.81. The number of rotatable bonds is 5. The first kappa shape index (κ1) is 13.9. The van der Waals surface area contributed by atoms with Crippen molar-refractivity contribution in [3.63, 3.8) is 0 Å². The third-order valence-electron chi connectivity index (χ3n) is 3.08. The Bertz CT molecular complexity index is 275. The van der Waals surface area contributed by atoms with E-state index in [0.717, 1.165) is 26.2 Å². The summed E-state index contributed by atoms with van der Waals surface area (Å²) in [6, 6.07) is -0.852. The van der Waals surface area contributed by atoms with Crippen LogP contribution in [0.3, 0.4) is 0 Å². The number of nitrogens with zero attached hydrogens (tertiary/aromatic N) is 2. The maximum absolute atomic E-state index is 11.8.